The van der Waals surface area contributed by atoms with Crippen LogP contribution in [-0.2, 0) is 10.0 Å². The number of furan rings is 1. The molecule has 0 aliphatic rings. The summed E-state index contributed by atoms with van der Waals surface area (Å²) in [6.45, 7) is 0.349. The molecule has 0 saturated heterocycles. The first-order chi connectivity index (χ1) is 11.3. The lowest BCUT2D eigenvalue weighted by Gasteiger charge is -2.22. The third-order valence-electron chi connectivity index (χ3n) is 3.39. The first-order valence-electron chi connectivity index (χ1n) is 7.15. The number of rotatable bonds is 6. The highest BCUT2D eigenvalue weighted by molar-refractivity contribution is 7.89. The lowest BCUT2D eigenvalue weighted by atomic mass is 10.2. The van der Waals surface area contributed by atoms with Gasteiger partial charge in [-0.25, -0.2) is 18.4 Å². The number of carbonyl (C=O) groups excluding carboxylic acids is 1. The summed E-state index contributed by atoms with van der Waals surface area (Å²) in [5.74, 6) is 0.748. The Morgan fingerprint density at radius 2 is 1.92 bits per heavy atom. The normalized spacial score (nSPS) is 12.8. The van der Waals surface area contributed by atoms with Crippen LogP contribution < -0.4 is 15.8 Å². The fraction of sp³-hybridized carbons (Fsp3) is 0.267. The molecule has 2 amide bonds. The van der Waals surface area contributed by atoms with Crippen LogP contribution in [0.4, 0.5) is 10.5 Å². The molecule has 1 heterocycles. The van der Waals surface area contributed by atoms with Gasteiger partial charge in [-0.05, 0) is 50.5 Å². The van der Waals surface area contributed by atoms with Gasteiger partial charge in [0.15, 0.2) is 0 Å². The number of amides is 2. The van der Waals surface area contributed by atoms with Crippen LogP contribution in [0.25, 0.3) is 0 Å². The minimum atomic E-state index is -3.75. The van der Waals surface area contributed by atoms with Crippen molar-refractivity contribution < 1.29 is 17.6 Å². The van der Waals surface area contributed by atoms with Gasteiger partial charge in [0, 0.05) is 12.2 Å². The Labute approximate surface area is 140 Å². The van der Waals surface area contributed by atoms with Crippen molar-refractivity contribution >= 4 is 21.7 Å². The number of nitrogens with two attached hydrogens (primary N) is 1. The topological polar surface area (TPSA) is 118 Å². The number of hydrogen-bond acceptors (Lipinski definition) is 5. The van der Waals surface area contributed by atoms with E-state index >= 15 is 0 Å². The first kappa shape index (κ1) is 18.0. The molecule has 1 aromatic heterocycles. The minimum absolute atomic E-state index is 0.0149. The van der Waals surface area contributed by atoms with Gasteiger partial charge in [0.25, 0.3) is 0 Å². The van der Waals surface area contributed by atoms with Crippen molar-refractivity contribution in [1.29, 1.82) is 0 Å². The van der Waals surface area contributed by atoms with E-state index in [0.29, 0.717) is 12.2 Å². The second kappa shape index (κ2) is 7.47. The third kappa shape index (κ3) is 4.82. The number of anilines is 1. The number of likely N-dealkylation sites (N-methyl/N-ethyl adjacent to an activating group) is 1. The summed E-state index contributed by atoms with van der Waals surface area (Å²) in [6.07, 6.45) is 1.58. The number of benzene rings is 1. The van der Waals surface area contributed by atoms with Gasteiger partial charge in [0.1, 0.15) is 5.76 Å². The molecule has 4 N–H and O–H groups in total. The van der Waals surface area contributed by atoms with Crippen molar-refractivity contribution in [2.75, 3.05) is 26.0 Å². The quantitative estimate of drug-likeness (QED) is 0.725. The van der Waals surface area contributed by atoms with E-state index in [2.05, 4.69) is 10.6 Å². The van der Waals surface area contributed by atoms with Gasteiger partial charge < -0.3 is 15.1 Å². The molecule has 8 nitrogen and oxygen atoms in total. The lowest BCUT2D eigenvalue weighted by Crippen LogP contribution is -2.36. The van der Waals surface area contributed by atoms with Crippen LogP contribution in [-0.4, -0.2) is 40.0 Å². The molecule has 0 aliphatic carbocycles. The van der Waals surface area contributed by atoms with Crippen molar-refractivity contribution in [2.24, 2.45) is 5.14 Å². The van der Waals surface area contributed by atoms with Gasteiger partial charge in [-0.3, -0.25) is 4.90 Å². The molecule has 1 atom stereocenters. The predicted molar refractivity (Wildman–Crippen MR) is 90.0 cm³/mol. The van der Waals surface area contributed by atoms with Crippen molar-refractivity contribution in [3.05, 3.63) is 48.4 Å². The maximum atomic E-state index is 12.0. The number of urea groups is 1. The summed E-state index contributed by atoms with van der Waals surface area (Å²) in [7, 11) is 0.0269. The van der Waals surface area contributed by atoms with E-state index in [4.69, 9.17) is 9.56 Å². The van der Waals surface area contributed by atoms with Crippen LogP contribution in [0.1, 0.15) is 11.8 Å². The number of primary sulfonamides is 1. The van der Waals surface area contributed by atoms with Crippen LogP contribution in [0.2, 0.25) is 0 Å². The number of carbonyl (C=O) groups is 1. The van der Waals surface area contributed by atoms with Crippen molar-refractivity contribution in [2.45, 2.75) is 10.9 Å². The Kier molecular flexibility index (Phi) is 5.60. The highest BCUT2D eigenvalue weighted by Crippen LogP contribution is 2.17. The monoisotopic (exact) mass is 352 g/mol. The van der Waals surface area contributed by atoms with Crippen molar-refractivity contribution in [1.82, 2.24) is 10.2 Å². The van der Waals surface area contributed by atoms with Crippen LogP contribution in [0.3, 0.4) is 0 Å². The van der Waals surface area contributed by atoms with Crippen LogP contribution in [0.5, 0.6) is 0 Å². The Balaban J connectivity index is 1.93. The highest BCUT2D eigenvalue weighted by Gasteiger charge is 2.17. The molecule has 0 spiro atoms. The molecule has 2 aromatic rings. The van der Waals surface area contributed by atoms with Crippen molar-refractivity contribution in [3.63, 3.8) is 0 Å². The smallest absolute Gasteiger partial charge is 0.319 e. The predicted octanol–water partition coefficient (Wildman–Crippen LogP) is 1.35. The third-order valence-corrected chi connectivity index (χ3v) is 4.32. The molecule has 24 heavy (non-hydrogen) atoms. The minimum Gasteiger partial charge on any atom is -0.468 e. The molecule has 0 unspecified atom stereocenters. The zero-order chi connectivity index (χ0) is 17.7. The van der Waals surface area contributed by atoms with E-state index in [-0.39, 0.29) is 10.9 Å². The van der Waals surface area contributed by atoms with Gasteiger partial charge in [-0.1, -0.05) is 0 Å². The summed E-state index contributed by atoms with van der Waals surface area (Å²) < 4.78 is 27.7. The molecule has 130 valence electrons. The average Bonchev–Trinajstić information content (AvgIpc) is 3.00. The fourth-order valence-electron chi connectivity index (χ4n) is 2.11. The summed E-state index contributed by atoms with van der Waals surface area (Å²) in [4.78, 5) is 13.9. The number of nitrogens with one attached hydrogen (secondary N) is 2. The van der Waals surface area contributed by atoms with E-state index in [0.717, 1.165) is 5.76 Å². The average molecular weight is 352 g/mol. The summed E-state index contributed by atoms with van der Waals surface area (Å²) >= 11 is 0. The van der Waals surface area contributed by atoms with Gasteiger partial charge in [0.05, 0.1) is 17.2 Å². The van der Waals surface area contributed by atoms with Crippen LogP contribution in [0.15, 0.2) is 52.0 Å². The van der Waals surface area contributed by atoms with Crippen LogP contribution in [0, 0.1) is 0 Å². The van der Waals surface area contributed by atoms with E-state index in [1.807, 2.05) is 25.1 Å². The zero-order valence-electron chi connectivity index (χ0n) is 13.4. The largest absolute Gasteiger partial charge is 0.468 e. The molecular weight excluding hydrogens is 332 g/mol. The number of sulfonamides is 1. The van der Waals surface area contributed by atoms with Gasteiger partial charge in [0.2, 0.25) is 10.0 Å². The molecule has 0 saturated carbocycles. The molecule has 0 bridgehead atoms. The summed E-state index contributed by atoms with van der Waals surface area (Å²) in [5, 5.41) is 10.4. The van der Waals surface area contributed by atoms with E-state index in [9.17, 15) is 13.2 Å². The number of hydrogen-bond donors (Lipinski definition) is 3. The summed E-state index contributed by atoms with van der Waals surface area (Å²) in [6, 6.07) is 8.72. The van der Waals surface area contributed by atoms with Gasteiger partial charge >= 0.3 is 6.03 Å². The standard InChI is InChI=1S/C15H20N4O4S/c1-19(2)13(14-4-3-9-23-14)10-17-15(20)18-11-5-7-12(8-6-11)24(16,21)22/h3-9,13H,10H2,1-2H3,(H2,16,21,22)(H2,17,18,20)/t13-/m1/s1. The maximum Gasteiger partial charge on any atom is 0.319 e. The molecular formula is C15H20N4O4S. The van der Waals surface area contributed by atoms with Crippen molar-refractivity contribution in [3.8, 4) is 0 Å². The molecule has 0 fully saturated rings. The van der Waals surface area contributed by atoms with E-state index in [1.54, 1.807) is 12.3 Å². The second-order valence-electron chi connectivity index (χ2n) is 5.40. The Morgan fingerprint density at radius 1 is 1.25 bits per heavy atom. The van der Waals surface area contributed by atoms with E-state index in [1.165, 1.54) is 24.3 Å². The summed E-state index contributed by atoms with van der Waals surface area (Å²) in [5.41, 5.74) is 0.458. The Hall–Kier alpha value is -2.36. The maximum absolute atomic E-state index is 12.0. The molecule has 9 heteroatoms. The first-order valence-corrected chi connectivity index (χ1v) is 8.69. The Bertz CT molecular complexity index is 770. The SMILES string of the molecule is CN(C)[C@H](CNC(=O)Nc1ccc(S(N)(=O)=O)cc1)c1ccco1. The zero-order valence-corrected chi connectivity index (χ0v) is 14.2. The van der Waals surface area contributed by atoms with E-state index < -0.39 is 16.1 Å². The fourth-order valence-corrected chi connectivity index (χ4v) is 2.63. The highest BCUT2D eigenvalue weighted by atomic mass is 32.2. The molecule has 0 aliphatic heterocycles. The lowest BCUT2D eigenvalue weighted by molar-refractivity contribution is 0.233. The second-order valence-corrected chi connectivity index (χ2v) is 6.96. The van der Waals surface area contributed by atoms with Crippen LogP contribution >= 0.6 is 0 Å². The molecule has 0 radical (unpaired) electrons. The Morgan fingerprint density at radius 3 is 2.42 bits per heavy atom. The molecule has 2 rings (SSSR count). The van der Waals surface area contributed by atoms with Gasteiger partial charge in [-0.2, -0.15) is 0 Å². The number of nitrogens with zero attached hydrogens (tertiary/aromatic N) is 1. The van der Waals surface area contributed by atoms with Gasteiger partial charge in [-0.15, -0.1) is 0 Å². The molecule has 1 aromatic carbocycles.